The average Bonchev–Trinajstić information content (AvgIpc) is 2.95. The van der Waals surface area contributed by atoms with Gasteiger partial charge in [-0.05, 0) is 32.9 Å². The van der Waals surface area contributed by atoms with Gasteiger partial charge in [0.15, 0.2) is 0 Å². The van der Waals surface area contributed by atoms with Crippen LogP contribution in [0.2, 0.25) is 0 Å². The van der Waals surface area contributed by atoms with Crippen LogP contribution in [0.5, 0.6) is 0 Å². The Kier molecular flexibility index (Phi) is 4.44. The van der Waals surface area contributed by atoms with Crippen LogP contribution in [-0.2, 0) is 11.3 Å². The van der Waals surface area contributed by atoms with Crippen LogP contribution in [0.15, 0.2) is 28.5 Å². The molecule has 0 unspecified atom stereocenters. The van der Waals surface area contributed by atoms with Crippen LogP contribution in [0.4, 0.5) is 0 Å². The number of ether oxygens (including phenoxy) is 1. The molecular formula is C17H17N3O3S. The number of hydrogen-bond donors (Lipinski definition) is 0. The smallest absolute Gasteiger partial charge is 0.343 e. The number of pyridine rings is 2. The van der Waals surface area contributed by atoms with Gasteiger partial charge in [0.05, 0.1) is 29.2 Å². The molecule has 0 aliphatic rings. The molecule has 0 saturated carbocycles. The van der Waals surface area contributed by atoms with E-state index in [0.717, 1.165) is 16.4 Å². The van der Waals surface area contributed by atoms with Gasteiger partial charge in [0, 0.05) is 17.3 Å². The standard InChI is InChI=1S/C17H17N3O3S/c1-4-23-17(22)14-8-20(7-12-9-24-11(3)19-12)16-13(15(14)21)6-5-10(2)18-16/h5-6,8-9H,4,7H2,1-3H3. The zero-order valence-corrected chi connectivity index (χ0v) is 14.5. The summed E-state index contributed by atoms with van der Waals surface area (Å²) in [6.45, 7) is 6.16. The van der Waals surface area contributed by atoms with Crippen LogP contribution in [0.25, 0.3) is 11.0 Å². The topological polar surface area (TPSA) is 74.1 Å². The second-order valence-corrected chi connectivity index (χ2v) is 6.46. The Morgan fingerprint density at radius 2 is 2.08 bits per heavy atom. The molecule has 24 heavy (non-hydrogen) atoms. The highest BCUT2D eigenvalue weighted by molar-refractivity contribution is 7.09. The number of aromatic nitrogens is 3. The fourth-order valence-corrected chi connectivity index (χ4v) is 3.09. The Morgan fingerprint density at radius 3 is 2.75 bits per heavy atom. The number of fused-ring (bicyclic) bond motifs is 1. The van der Waals surface area contributed by atoms with Gasteiger partial charge in [-0.25, -0.2) is 14.8 Å². The third-order valence-corrected chi connectivity index (χ3v) is 4.38. The average molecular weight is 343 g/mol. The lowest BCUT2D eigenvalue weighted by atomic mass is 10.2. The number of esters is 1. The Labute approximate surface area is 142 Å². The van der Waals surface area contributed by atoms with Crippen LogP contribution in [0, 0.1) is 13.8 Å². The molecule has 0 saturated heterocycles. The molecular weight excluding hydrogens is 326 g/mol. The third kappa shape index (κ3) is 3.07. The first-order valence-electron chi connectivity index (χ1n) is 7.58. The van der Waals surface area contributed by atoms with Crippen LogP contribution in [-0.4, -0.2) is 27.1 Å². The molecule has 7 heteroatoms. The Hall–Kier alpha value is -2.54. The highest BCUT2D eigenvalue weighted by atomic mass is 32.1. The Morgan fingerprint density at radius 1 is 1.29 bits per heavy atom. The van der Waals surface area contributed by atoms with Crippen LogP contribution >= 0.6 is 11.3 Å². The molecule has 6 nitrogen and oxygen atoms in total. The maximum Gasteiger partial charge on any atom is 0.343 e. The summed E-state index contributed by atoms with van der Waals surface area (Å²) >= 11 is 1.56. The fraction of sp³-hybridized carbons (Fsp3) is 0.294. The lowest BCUT2D eigenvalue weighted by molar-refractivity contribution is 0.0524. The monoisotopic (exact) mass is 343 g/mol. The molecule has 0 spiro atoms. The number of carbonyl (C=O) groups is 1. The van der Waals surface area contributed by atoms with Crippen molar-refractivity contribution < 1.29 is 9.53 Å². The van der Waals surface area contributed by atoms with Crippen molar-refractivity contribution in [1.82, 2.24) is 14.5 Å². The van der Waals surface area contributed by atoms with Crippen molar-refractivity contribution >= 4 is 28.3 Å². The quantitative estimate of drug-likeness (QED) is 0.681. The Balaban J connectivity index is 2.21. The minimum absolute atomic E-state index is 0.0157. The highest BCUT2D eigenvalue weighted by Crippen LogP contribution is 2.15. The Bertz CT molecular complexity index is 975. The molecule has 0 fully saturated rings. The SMILES string of the molecule is CCOC(=O)c1cn(Cc2csc(C)n2)c2nc(C)ccc2c1=O. The molecule has 3 heterocycles. The predicted molar refractivity (Wildman–Crippen MR) is 92.6 cm³/mol. The lowest BCUT2D eigenvalue weighted by Gasteiger charge is -2.12. The lowest BCUT2D eigenvalue weighted by Crippen LogP contribution is -2.22. The number of thiazole rings is 1. The minimum Gasteiger partial charge on any atom is -0.462 e. The molecule has 0 radical (unpaired) electrons. The fourth-order valence-electron chi connectivity index (χ4n) is 2.49. The van der Waals surface area contributed by atoms with Gasteiger partial charge >= 0.3 is 5.97 Å². The highest BCUT2D eigenvalue weighted by Gasteiger charge is 2.17. The van der Waals surface area contributed by atoms with Crippen molar-refractivity contribution in [2.24, 2.45) is 0 Å². The van der Waals surface area contributed by atoms with Crippen molar-refractivity contribution in [2.75, 3.05) is 6.61 Å². The van der Waals surface area contributed by atoms with Crippen LogP contribution in [0.1, 0.15) is 33.7 Å². The van der Waals surface area contributed by atoms with Gasteiger partial charge < -0.3 is 9.30 Å². The summed E-state index contributed by atoms with van der Waals surface area (Å²) < 4.78 is 6.79. The van der Waals surface area contributed by atoms with E-state index >= 15 is 0 Å². The first-order chi connectivity index (χ1) is 11.5. The molecule has 0 aliphatic carbocycles. The number of hydrogen-bond acceptors (Lipinski definition) is 6. The molecule has 0 bridgehead atoms. The molecule has 3 aromatic rings. The van der Waals surface area contributed by atoms with Gasteiger partial charge in [-0.15, -0.1) is 11.3 Å². The van der Waals surface area contributed by atoms with E-state index in [2.05, 4.69) is 9.97 Å². The van der Waals surface area contributed by atoms with Gasteiger partial charge in [-0.3, -0.25) is 4.79 Å². The van der Waals surface area contributed by atoms with Crippen molar-refractivity contribution in [3.05, 3.63) is 55.9 Å². The summed E-state index contributed by atoms with van der Waals surface area (Å²) in [7, 11) is 0. The molecule has 124 valence electrons. The van der Waals surface area contributed by atoms with E-state index in [0.29, 0.717) is 17.6 Å². The molecule has 0 atom stereocenters. The summed E-state index contributed by atoms with van der Waals surface area (Å²) in [6.07, 6.45) is 1.52. The first-order valence-corrected chi connectivity index (χ1v) is 8.46. The predicted octanol–water partition coefficient (Wildman–Crippen LogP) is 2.69. The number of nitrogens with zero attached hydrogens (tertiary/aromatic N) is 3. The maximum absolute atomic E-state index is 12.6. The van der Waals surface area contributed by atoms with E-state index in [1.165, 1.54) is 6.20 Å². The van der Waals surface area contributed by atoms with E-state index < -0.39 is 5.97 Å². The van der Waals surface area contributed by atoms with E-state index in [-0.39, 0.29) is 17.6 Å². The van der Waals surface area contributed by atoms with E-state index in [9.17, 15) is 9.59 Å². The molecule has 0 aliphatic heterocycles. The second kappa shape index (κ2) is 6.52. The number of carbonyl (C=O) groups excluding carboxylic acids is 1. The zero-order chi connectivity index (χ0) is 17.3. The molecule has 0 aromatic carbocycles. The van der Waals surface area contributed by atoms with Crippen molar-refractivity contribution in [3.63, 3.8) is 0 Å². The summed E-state index contributed by atoms with van der Waals surface area (Å²) in [6, 6.07) is 3.46. The number of aryl methyl sites for hydroxylation is 2. The molecule has 3 rings (SSSR count). The van der Waals surface area contributed by atoms with E-state index in [1.807, 2.05) is 19.2 Å². The number of rotatable bonds is 4. The minimum atomic E-state index is -0.617. The molecule has 0 amide bonds. The van der Waals surface area contributed by atoms with E-state index in [4.69, 9.17) is 4.74 Å². The van der Waals surface area contributed by atoms with Gasteiger partial charge in [-0.1, -0.05) is 0 Å². The van der Waals surface area contributed by atoms with Crippen molar-refractivity contribution in [2.45, 2.75) is 27.3 Å². The largest absolute Gasteiger partial charge is 0.462 e. The summed E-state index contributed by atoms with van der Waals surface area (Å²) in [5, 5.41) is 3.32. The van der Waals surface area contributed by atoms with E-state index in [1.54, 1.807) is 35.0 Å². The van der Waals surface area contributed by atoms with Crippen LogP contribution < -0.4 is 5.43 Å². The van der Waals surface area contributed by atoms with Gasteiger partial charge in [0.25, 0.3) is 0 Å². The van der Waals surface area contributed by atoms with Gasteiger partial charge in [0.2, 0.25) is 5.43 Å². The zero-order valence-electron chi connectivity index (χ0n) is 13.7. The van der Waals surface area contributed by atoms with Gasteiger partial charge in [0.1, 0.15) is 11.2 Å². The summed E-state index contributed by atoms with van der Waals surface area (Å²) in [5.41, 5.74) is 1.86. The second-order valence-electron chi connectivity index (χ2n) is 5.40. The first kappa shape index (κ1) is 16.3. The summed E-state index contributed by atoms with van der Waals surface area (Å²) in [4.78, 5) is 33.6. The normalized spacial score (nSPS) is 11.0. The maximum atomic E-state index is 12.6. The molecule has 3 aromatic heterocycles. The van der Waals surface area contributed by atoms with Gasteiger partial charge in [-0.2, -0.15) is 0 Å². The van der Waals surface area contributed by atoms with Crippen LogP contribution in [0.3, 0.4) is 0 Å². The summed E-state index contributed by atoms with van der Waals surface area (Å²) in [5.74, 6) is -0.617. The molecule has 0 N–H and O–H groups in total. The third-order valence-electron chi connectivity index (χ3n) is 3.55. The van der Waals surface area contributed by atoms with Crippen molar-refractivity contribution in [3.8, 4) is 0 Å². The van der Waals surface area contributed by atoms with Crippen molar-refractivity contribution in [1.29, 1.82) is 0 Å².